The van der Waals surface area contributed by atoms with Crippen LogP contribution in [0, 0.1) is 0 Å². The lowest BCUT2D eigenvalue weighted by Crippen LogP contribution is -2.31. The van der Waals surface area contributed by atoms with Crippen molar-refractivity contribution in [3.05, 3.63) is 59.7 Å². The van der Waals surface area contributed by atoms with Gasteiger partial charge >= 0.3 is 0 Å². The van der Waals surface area contributed by atoms with Crippen molar-refractivity contribution in [2.45, 2.75) is 33.2 Å². The Labute approximate surface area is 166 Å². The first kappa shape index (κ1) is 20.7. The maximum atomic E-state index is 5.79. The van der Waals surface area contributed by atoms with Crippen LogP contribution in [0.3, 0.4) is 0 Å². The van der Waals surface area contributed by atoms with Gasteiger partial charge < -0.3 is 14.8 Å². The lowest BCUT2D eigenvalue weighted by Gasteiger charge is -2.12. The van der Waals surface area contributed by atoms with Crippen LogP contribution >= 0.6 is 12.2 Å². The Morgan fingerprint density at radius 2 is 1.89 bits per heavy atom. The van der Waals surface area contributed by atoms with E-state index in [0.717, 1.165) is 35.5 Å². The number of nitrogens with zero attached hydrogens (tertiary/aromatic N) is 1. The summed E-state index contributed by atoms with van der Waals surface area (Å²) in [4.78, 5) is 0. The smallest absolute Gasteiger partial charge is 0.187 e. The molecule has 0 aromatic heterocycles. The minimum atomic E-state index is 0.472. The molecule has 2 rings (SSSR count). The first-order valence-electron chi connectivity index (χ1n) is 9.23. The molecule has 2 aromatic rings. The molecule has 0 bridgehead atoms. The molecule has 0 aliphatic carbocycles. The quantitative estimate of drug-likeness (QED) is 0.277. The number of hydrazone groups is 1. The zero-order chi connectivity index (χ0) is 19.3. The van der Waals surface area contributed by atoms with Gasteiger partial charge in [-0.3, -0.25) is 5.43 Å². The van der Waals surface area contributed by atoms with E-state index in [1.165, 1.54) is 0 Å². The topological polar surface area (TPSA) is 54.9 Å². The van der Waals surface area contributed by atoms with Gasteiger partial charge in [0.1, 0.15) is 0 Å². The Morgan fingerprint density at radius 3 is 2.63 bits per heavy atom. The van der Waals surface area contributed by atoms with E-state index in [9.17, 15) is 0 Å². The molecule has 0 aliphatic rings. The highest BCUT2D eigenvalue weighted by Gasteiger charge is 2.05. The molecular weight excluding hydrogens is 358 g/mol. The maximum absolute atomic E-state index is 5.79. The Bertz CT molecular complexity index is 735. The van der Waals surface area contributed by atoms with Gasteiger partial charge in [-0.1, -0.05) is 43.7 Å². The Hall–Kier alpha value is -2.60. The molecule has 0 unspecified atom stereocenters. The van der Waals surface area contributed by atoms with Crippen molar-refractivity contribution in [2.75, 3.05) is 13.2 Å². The number of hydrogen-bond donors (Lipinski definition) is 2. The van der Waals surface area contributed by atoms with Gasteiger partial charge in [-0.25, -0.2) is 0 Å². The molecule has 27 heavy (non-hydrogen) atoms. The van der Waals surface area contributed by atoms with E-state index < -0.39 is 0 Å². The van der Waals surface area contributed by atoms with Crippen molar-refractivity contribution in [3.8, 4) is 11.5 Å². The van der Waals surface area contributed by atoms with Gasteiger partial charge in [0.2, 0.25) is 0 Å². The number of ether oxygens (including phenoxy) is 2. The summed E-state index contributed by atoms with van der Waals surface area (Å²) in [5.41, 5.74) is 4.89. The average Bonchev–Trinajstić information content (AvgIpc) is 2.69. The summed E-state index contributed by atoms with van der Waals surface area (Å²) in [5.74, 6) is 1.48. The van der Waals surface area contributed by atoms with E-state index in [-0.39, 0.29) is 0 Å². The van der Waals surface area contributed by atoms with E-state index in [4.69, 9.17) is 21.7 Å². The highest BCUT2D eigenvalue weighted by Crippen LogP contribution is 2.28. The van der Waals surface area contributed by atoms with Gasteiger partial charge in [0.25, 0.3) is 0 Å². The zero-order valence-electron chi connectivity index (χ0n) is 15.9. The van der Waals surface area contributed by atoms with Crippen molar-refractivity contribution in [2.24, 2.45) is 5.10 Å². The molecule has 2 N–H and O–H groups in total. The van der Waals surface area contributed by atoms with Gasteiger partial charge in [-0.2, -0.15) is 5.10 Å². The van der Waals surface area contributed by atoms with Crippen LogP contribution in [0.25, 0.3) is 0 Å². The van der Waals surface area contributed by atoms with Crippen LogP contribution < -0.4 is 20.2 Å². The Kier molecular flexibility index (Phi) is 9.13. The first-order valence-corrected chi connectivity index (χ1v) is 9.64. The summed E-state index contributed by atoms with van der Waals surface area (Å²) in [6.07, 6.45) is 3.82. The summed E-state index contributed by atoms with van der Waals surface area (Å²) in [5, 5.41) is 7.77. The van der Waals surface area contributed by atoms with E-state index in [1.54, 1.807) is 6.21 Å². The summed E-state index contributed by atoms with van der Waals surface area (Å²) in [6.45, 7) is 6.01. The van der Waals surface area contributed by atoms with Crippen molar-refractivity contribution >= 4 is 23.5 Å². The summed E-state index contributed by atoms with van der Waals surface area (Å²) < 4.78 is 11.5. The number of hydrogen-bond acceptors (Lipinski definition) is 4. The minimum Gasteiger partial charge on any atom is -0.490 e. The third-order valence-electron chi connectivity index (χ3n) is 3.70. The van der Waals surface area contributed by atoms with Crippen molar-refractivity contribution in [1.29, 1.82) is 0 Å². The molecule has 144 valence electrons. The largest absolute Gasteiger partial charge is 0.490 e. The van der Waals surface area contributed by atoms with E-state index >= 15 is 0 Å². The lowest BCUT2D eigenvalue weighted by molar-refractivity contribution is 0.272. The van der Waals surface area contributed by atoms with Crippen molar-refractivity contribution < 1.29 is 9.47 Å². The maximum Gasteiger partial charge on any atom is 0.187 e. The van der Waals surface area contributed by atoms with Crippen LogP contribution in [-0.4, -0.2) is 24.5 Å². The SMILES string of the molecule is CCCCOc1ccc(/C=N\NC(=S)NCc2ccccc2)cc1OCC. The highest BCUT2D eigenvalue weighted by atomic mass is 32.1. The van der Waals surface area contributed by atoms with E-state index in [0.29, 0.717) is 24.9 Å². The van der Waals surface area contributed by atoms with Gasteiger partial charge in [-0.15, -0.1) is 0 Å². The summed E-state index contributed by atoms with van der Waals surface area (Å²) >= 11 is 5.24. The fourth-order valence-corrected chi connectivity index (χ4v) is 2.43. The summed E-state index contributed by atoms with van der Waals surface area (Å²) in [7, 11) is 0. The predicted molar refractivity (Wildman–Crippen MR) is 115 cm³/mol. The molecular formula is C21H27N3O2S. The molecule has 0 aliphatic heterocycles. The second-order valence-corrected chi connectivity index (χ2v) is 6.29. The Balaban J connectivity index is 1.87. The monoisotopic (exact) mass is 385 g/mol. The molecule has 0 spiro atoms. The molecule has 5 nitrogen and oxygen atoms in total. The third kappa shape index (κ3) is 7.66. The molecule has 0 radical (unpaired) electrons. The van der Waals surface area contributed by atoms with Gasteiger partial charge in [-0.05, 0) is 54.9 Å². The normalized spacial score (nSPS) is 10.6. The molecule has 0 heterocycles. The average molecular weight is 386 g/mol. The van der Waals surface area contributed by atoms with Crippen LogP contribution in [0.4, 0.5) is 0 Å². The molecule has 0 amide bonds. The van der Waals surface area contributed by atoms with Crippen molar-refractivity contribution in [1.82, 2.24) is 10.7 Å². The summed E-state index contributed by atoms with van der Waals surface area (Å²) in [6, 6.07) is 15.8. The molecule has 2 aromatic carbocycles. The molecule has 0 saturated heterocycles. The second-order valence-electron chi connectivity index (χ2n) is 5.88. The van der Waals surface area contributed by atoms with Crippen LogP contribution in [0.15, 0.2) is 53.6 Å². The van der Waals surface area contributed by atoms with Gasteiger partial charge in [0.05, 0.1) is 19.4 Å². The number of unbranched alkanes of at least 4 members (excludes halogenated alkanes) is 1. The lowest BCUT2D eigenvalue weighted by atomic mass is 10.2. The highest BCUT2D eigenvalue weighted by molar-refractivity contribution is 7.80. The third-order valence-corrected chi connectivity index (χ3v) is 3.93. The predicted octanol–water partition coefficient (Wildman–Crippen LogP) is 4.26. The van der Waals surface area contributed by atoms with Crippen LogP contribution in [-0.2, 0) is 6.54 Å². The fourth-order valence-electron chi connectivity index (χ4n) is 2.30. The van der Waals surface area contributed by atoms with Crippen LogP contribution in [0.5, 0.6) is 11.5 Å². The van der Waals surface area contributed by atoms with Crippen LogP contribution in [0.2, 0.25) is 0 Å². The van der Waals surface area contributed by atoms with Gasteiger partial charge in [0.15, 0.2) is 16.6 Å². The van der Waals surface area contributed by atoms with Gasteiger partial charge in [0, 0.05) is 6.54 Å². The van der Waals surface area contributed by atoms with E-state index in [2.05, 4.69) is 22.8 Å². The molecule has 0 atom stereocenters. The van der Waals surface area contributed by atoms with Crippen molar-refractivity contribution in [3.63, 3.8) is 0 Å². The van der Waals surface area contributed by atoms with E-state index in [1.807, 2.05) is 55.5 Å². The Morgan fingerprint density at radius 1 is 1.07 bits per heavy atom. The molecule has 0 saturated carbocycles. The number of rotatable bonds is 10. The van der Waals surface area contributed by atoms with Crippen LogP contribution in [0.1, 0.15) is 37.8 Å². The first-order chi connectivity index (χ1) is 13.2. The molecule has 6 heteroatoms. The number of thiocarbonyl (C=S) groups is 1. The second kappa shape index (κ2) is 11.9. The zero-order valence-corrected chi connectivity index (χ0v) is 16.7. The number of nitrogens with one attached hydrogen (secondary N) is 2. The fraction of sp³-hybridized carbons (Fsp3) is 0.333. The number of benzene rings is 2. The molecule has 0 fully saturated rings. The standard InChI is InChI=1S/C21H27N3O2S/c1-3-5-13-26-19-12-11-18(14-20(19)25-4-2)16-23-24-21(27)22-15-17-9-7-6-8-10-17/h6-12,14,16H,3-5,13,15H2,1-2H3,(H2,22,24,27)/b23-16-. The minimum absolute atomic E-state index is 0.472.